The molecule has 0 spiro atoms. The van der Waals surface area contributed by atoms with Crippen LogP contribution in [0.15, 0.2) is 42.0 Å². The maximum absolute atomic E-state index is 13.0. The second-order valence-corrected chi connectivity index (χ2v) is 17.4. The third kappa shape index (κ3) is 4.53. The molecule has 4 saturated carbocycles. The van der Waals surface area contributed by atoms with Crippen molar-refractivity contribution in [3.05, 3.63) is 47.6 Å². The molecule has 5 heteroatoms. The smallest absolute Gasteiger partial charge is 0.331 e. The highest BCUT2D eigenvalue weighted by Crippen LogP contribution is 2.75. The number of benzene rings is 1. The van der Waals surface area contributed by atoms with Crippen molar-refractivity contribution < 1.29 is 24.5 Å². The molecule has 8 atom stereocenters. The number of aromatic hydroxyl groups is 1. The van der Waals surface area contributed by atoms with E-state index in [1.54, 1.807) is 30.3 Å². The molecule has 0 aromatic heterocycles. The van der Waals surface area contributed by atoms with Gasteiger partial charge in [0, 0.05) is 11.5 Å². The molecule has 0 bridgehead atoms. The largest absolute Gasteiger partial charge is 0.508 e. The molecular weight excluding hydrogens is 548 g/mol. The molecule has 5 nitrogen and oxygen atoms in total. The lowest BCUT2D eigenvalue weighted by atomic mass is 9.33. The molecule has 2 N–H and O–H groups in total. The lowest BCUT2D eigenvalue weighted by molar-refractivity contribution is -0.212. The summed E-state index contributed by atoms with van der Waals surface area (Å²) in [6.07, 6.45) is 15.3. The molecule has 0 radical (unpaired) electrons. The van der Waals surface area contributed by atoms with E-state index in [1.807, 2.05) is 0 Å². The highest BCUT2D eigenvalue weighted by molar-refractivity contribution is 5.87. The van der Waals surface area contributed by atoms with Crippen molar-refractivity contribution in [2.45, 2.75) is 119 Å². The fourth-order valence-electron chi connectivity index (χ4n) is 11.7. The molecule has 5 aliphatic rings. The van der Waals surface area contributed by atoms with E-state index in [0.29, 0.717) is 11.8 Å². The van der Waals surface area contributed by atoms with E-state index in [2.05, 4.69) is 54.5 Å². The van der Waals surface area contributed by atoms with Crippen LogP contribution in [0.2, 0.25) is 0 Å². The van der Waals surface area contributed by atoms with Gasteiger partial charge < -0.3 is 14.9 Å². The SMILES string of the molecule is CC1(C)CC[C@@]2(C(=O)O)CC[C@@]3(C)C(=CC[C@H]4[C@]5(C)CC[C@@H](OC(=O)/C=C/c6ccc(O)cc6)C(C)(C)[C@H]5CC[C@@]43C)[C@H]2C1. The summed E-state index contributed by atoms with van der Waals surface area (Å²) in [4.78, 5) is 25.9. The van der Waals surface area contributed by atoms with Gasteiger partial charge >= 0.3 is 11.9 Å². The molecule has 5 aliphatic carbocycles. The molecule has 6 rings (SSSR count). The Bertz CT molecular complexity index is 1390. The molecular formula is C39H54O5. The number of phenolic OH excluding ortho intramolecular Hbond substituents is 1. The van der Waals surface area contributed by atoms with Crippen LogP contribution in [0, 0.1) is 50.2 Å². The Balaban J connectivity index is 1.26. The number of aliphatic carboxylic acids is 1. The third-order valence-corrected chi connectivity index (χ3v) is 14.6. The number of rotatable bonds is 4. The minimum Gasteiger partial charge on any atom is -0.508 e. The van der Waals surface area contributed by atoms with Gasteiger partial charge in [-0.25, -0.2) is 4.79 Å². The Hall–Kier alpha value is -2.56. The Morgan fingerprint density at radius 1 is 0.864 bits per heavy atom. The number of hydrogen-bond acceptors (Lipinski definition) is 4. The number of phenols is 1. The summed E-state index contributed by atoms with van der Waals surface area (Å²) in [5, 5.41) is 20.2. The summed E-state index contributed by atoms with van der Waals surface area (Å²) in [6, 6.07) is 6.79. The molecule has 0 aliphatic heterocycles. The highest BCUT2D eigenvalue weighted by Gasteiger charge is 2.69. The van der Waals surface area contributed by atoms with Crippen molar-refractivity contribution in [1.29, 1.82) is 0 Å². The van der Waals surface area contributed by atoms with Crippen molar-refractivity contribution in [2.75, 3.05) is 0 Å². The molecule has 4 fully saturated rings. The summed E-state index contributed by atoms with van der Waals surface area (Å²) in [5.41, 5.74) is 1.98. The number of hydrogen-bond donors (Lipinski definition) is 2. The second kappa shape index (κ2) is 10.2. The van der Waals surface area contributed by atoms with Gasteiger partial charge in [-0.2, -0.15) is 0 Å². The molecule has 0 heterocycles. The molecule has 240 valence electrons. The maximum Gasteiger partial charge on any atom is 0.331 e. The Labute approximate surface area is 264 Å². The van der Waals surface area contributed by atoms with Gasteiger partial charge in [-0.05, 0) is 127 Å². The van der Waals surface area contributed by atoms with Gasteiger partial charge in [0.05, 0.1) is 5.41 Å². The van der Waals surface area contributed by atoms with Gasteiger partial charge in [-0.3, -0.25) is 4.79 Å². The number of carbonyl (C=O) groups excluding carboxylic acids is 1. The Morgan fingerprint density at radius 2 is 1.55 bits per heavy atom. The molecule has 44 heavy (non-hydrogen) atoms. The lowest BCUT2D eigenvalue weighted by Crippen LogP contribution is -2.65. The fourth-order valence-corrected chi connectivity index (χ4v) is 11.7. The van der Waals surface area contributed by atoms with Crippen LogP contribution in [0.4, 0.5) is 0 Å². The van der Waals surface area contributed by atoms with Crippen molar-refractivity contribution in [3.8, 4) is 5.75 Å². The second-order valence-electron chi connectivity index (χ2n) is 17.4. The van der Waals surface area contributed by atoms with Gasteiger partial charge in [-0.1, -0.05) is 72.2 Å². The average molecular weight is 603 g/mol. The first kappa shape index (κ1) is 31.4. The summed E-state index contributed by atoms with van der Waals surface area (Å²) in [5.74, 6) is 0.409. The number of carboxylic acids is 1. The van der Waals surface area contributed by atoms with E-state index in [4.69, 9.17) is 4.74 Å². The van der Waals surface area contributed by atoms with E-state index in [1.165, 1.54) is 11.6 Å². The highest BCUT2D eigenvalue weighted by atomic mass is 16.5. The predicted molar refractivity (Wildman–Crippen MR) is 174 cm³/mol. The number of allylic oxidation sites excluding steroid dienone is 2. The molecule has 1 aromatic carbocycles. The van der Waals surface area contributed by atoms with E-state index in [9.17, 15) is 19.8 Å². The van der Waals surface area contributed by atoms with E-state index in [0.717, 1.165) is 69.8 Å². The van der Waals surface area contributed by atoms with E-state index < -0.39 is 11.4 Å². The standard InChI is InChI=1S/C39H54O5/c1-34(2)20-22-39(33(42)43)23-21-37(6)27(28(39)24-34)13-14-30-36(5)18-17-31(35(3,4)29(36)16-19-38(30,37)7)44-32(41)15-10-25-8-11-26(40)12-9-25/h8-13,15,28-31,40H,14,16-24H2,1-7H3,(H,42,43)/b15-10+/t28-,29-,30+,31-,36-,37+,38+,39-/m1/s1. The van der Waals surface area contributed by atoms with Crippen LogP contribution in [-0.4, -0.2) is 28.3 Å². The minimum atomic E-state index is -0.605. The molecule has 0 unspecified atom stereocenters. The first-order valence-electron chi connectivity index (χ1n) is 17.1. The van der Waals surface area contributed by atoms with Crippen LogP contribution in [0.5, 0.6) is 5.75 Å². The monoisotopic (exact) mass is 602 g/mol. The normalized spacial score (nSPS) is 42.2. The van der Waals surface area contributed by atoms with Gasteiger partial charge in [0.25, 0.3) is 0 Å². The quantitative estimate of drug-likeness (QED) is 0.204. The van der Waals surface area contributed by atoms with Crippen LogP contribution in [0.3, 0.4) is 0 Å². The van der Waals surface area contributed by atoms with Crippen LogP contribution in [0.1, 0.15) is 118 Å². The summed E-state index contributed by atoms with van der Waals surface area (Å²) < 4.78 is 6.18. The van der Waals surface area contributed by atoms with Crippen molar-refractivity contribution >= 4 is 18.0 Å². The van der Waals surface area contributed by atoms with Gasteiger partial charge in [-0.15, -0.1) is 0 Å². The number of carboxylic acid groups (broad SMARTS) is 1. The number of fused-ring (bicyclic) bond motifs is 7. The fraction of sp³-hybridized carbons (Fsp3) is 0.692. The van der Waals surface area contributed by atoms with Crippen LogP contribution in [0.25, 0.3) is 6.08 Å². The van der Waals surface area contributed by atoms with E-state index in [-0.39, 0.29) is 50.8 Å². The van der Waals surface area contributed by atoms with Gasteiger partial charge in [0.1, 0.15) is 11.9 Å². The Morgan fingerprint density at radius 3 is 2.23 bits per heavy atom. The predicted octanol–water partition coefficient (Wildman–Crippen LogP) is 9.20. The Kier molecular flexibility index (Phi) is 7.30. The molecule has 0 saturated heterocycles. The first-order chi connectivity index (χ1) is 20.5. The molecule has 0 amide bonds. The lowest BCUT2D eigenvalue weighted by Gasteiger charge is -2.71. The summed E-state index contributed by atoms with van der Waals surface area (Å²) >= 11 is 0. The zero-order valence-corrected chi connectivity index (χ0v) is 28.0. The first-order valence-corrected chi connectivity index (χ1v) is 17.1. The minimum absolute atomic E-state index is 0.00735. The number of carbonyl (C=O) groups is 2. The molecule has 1 aromatic rings. The van der Waals surface area contributed by atoms with Crippen molar-refractivity contribution in [3.63, 3.8) is 0 Å². The van der Waals surface area contributed by atoms with Gasteiger partial charge in [0.2, 0.25) is 0 Å². The maximum atomic E-state index is 13.0. The number of esters is 1. The summed E-state index contributed by atoms with van der Waals surface area (Å²) in [6.45, 7) is 16.9. The van der Waals surface area contributed by atoms with Crippen LogP contribution in [-0.2, 0) is 14.3 Å². The van der Waals surface area contributed by atoms with E-state index >= 15 is 0 Å². The third-order valence-electron chi connectivity index (χ3n) is 14.6. The topological polar surface area (TPSA) is 83.8 Å². The van der Waals surface area contributed by atoms with Crippen LogP contribution < -0.4 is 0 Å². The van der Waals surface area contributed by atoms with Crippen molar-refractivity contribution in [2.24, 2.45) is 50.2 Å². The zero-order valence-electron chi connectivity index (χ0n) is 28.0. The van der Waals surface area contributed by atoms with Crippen LogP contribution >= 0.6 is 0 Å². The van der Waals surface area contributed by atoms with Gasteiger partial charge in [0.15, 0.2) is 0 Å². The zero-order chi connectivity index (χ0) is 31.9. The van der Waals surface area contributed by atoms with Crippen molar-refractivity contribution in [1.82, 2.24) is 0 Å². The summed E-state index contributed by atoms with van der Waals surface area (Å²) in [7, 11) is 0. The average Bonchev–Trinajstić information content (AvgIpc) is 2.94. The number of ether oxygens (including phenoxy) is 1.